The number of nitrogens with zero attached hydrogens (tertiary/aromatic N) is 2. The zero-order valence-electron chi connectivity index (χ0n) is 14.2. The fourth-order valence-electron chi connectivity index (χ4n) is 3.25. The van der Waals surface area contributed by atoms with Crippen LogP contribution in [-0.4, -0.2) is 39.7 Å². The number of rotatable bonds is 4. The maximum Gasteiger partial charge on any atom is 0.126 e. The number of hydrogen-bond acceptors (Lipinski definition) is 4. The highest BCUT2D eigenvalue weighted by Crippen LogP contribution is 2.28. The maximum absolute atomic E-state index is 13.5. The molecule has 0 saturated carbocycles. The first kappa shape index (κ1) is 16.8. The molecule has 4 rings (SSSR count). The smallest absolute Gasteiger partial charge is 0.126 e. The summed E-state index contributed by atoms with van der Waals surface area (Å²) in [5.41, 5.74) is 2.40. The van der Waals surface area contributed by atoms with E-state index in [9.17, 15) is 9.50 Å². The number of benzene rings is 2. The first-order chi connectivity index (χ1) is 12.7. The van der Waals surface area contributed by atoms with Gasteiger partial charge >= 0.3 is 0 Å². The van der Waals surface area contributed by atoms with Gasteiger partial charge in [-0.25, -0.2) is 9.37 Å². The molecule has 2 heterocycles. The summed E-state index contributed by atoms with van der Waals surface area (Å²) < 4.78 is 19.1. The van der Waals surface area contributed by atoms with Crippen LogP contribution in [0.2, 0.25) is 0 Å². The van der Waals surface area contributed by atoms with Crippen LogP contribution in [0.3, 0.4) is 0 Å². The fourth-order valence-corrected chi connectivity index (χ4v) is 3.25. The second-order valence-corrected chi connectivity index (χ2v) is 6.38. The Balaban J connectivity index is 1.58. The van der Waals surface area contributed by atoms with Gasteiger partial charge in [-0.05, 0) is 18.2 Å². The zero-order chi connectivity index (χ0) is 17.9. The van der Waals surface area contributed by atoms with Crippen LogP contribution >= 0.6 is 0 Å². The molecule has 1 fully saturated rings. The van der Waals surface area contributed by atoms with E-state index in [0.29, 0.717) is 19.8 Å². The molecule has 0 spiro atoms. The van der Waals surface area contributed by atoms with Crippen LogP contribution in [0.25, 0.3) is 11.3 Å². The maximum atomic E-state index is 13.5. The molecule has 0 bridgehead atoms. The molecule has 3 aromatic rings. The average Bonchev–Trinajstić information content (AvgIpc) is 3.14. The normalized spacial score (nSPS) is 18.1. The van der Waals surface area contributed by atoms with Gasteiger partial charge in [-0.2, -0.15) is 0 Å². The second kappa shape index (κ2) is 7.27. The number of ether oxygens (including phenoxy) is 1. The minimum Gasteiger partial charge on any atom is -0.508 e. The molecular formula is C20H20FN3O2. The van der Waals surface area contributed by atoms with Gasteiger partial charge in [-0.15, -0.1) is 0 Å². The van der Waals surface area contributed by atoms with E-state index in [1.807, 2.05) is 24.3 Å². The average molecular weight is 353 g/mol. The van der Waals surface area contributed by atoms with E-state index < -0.39 is 0 Å². The molecule has 0 radical (unpaired) electrons. The Hall–Kier alpha value is -2.70. The van der Waals surface area contributed by atoms with Crippen molar-refractivity contribution < 1.29 is 14.2 Å². The van der Waals surface area contributed by atoms with Crippen LogP contribution in [0, 0.1) is 5.82 Å². The van der Waals surface area contributed by atoms with Gasteiger partial charge in [0.2, 0.25) is 0 Å². The zero-order valence-corrected chi connectivity index (χ0v) is 14.2. The Morgan fingerprint density at radius 3 is 2.96 bits per heavy atom. The van der Waals surface area contributed by atoms with Gasteiger partial charge in [0, 0.05) is 24.2 Å². The number of aromatic nitrogens is 2. The van der Waals surface area contributed by atoms with E-state index in [-0.39, 0.29) is 17.6 Å². The van der Waals surface area contributed by atoms with Crippen LogP contribution < -0.4 is 0 Å². The third kappa shape index (κ3) is 3.47. The van der Waals surface area contributed by atoms with Crippen molar-refractivity contribution in [1.29, 1.82) is 0 Å². The highest BCUT2D eigenvalue weighted by atomic mass is 19.1. The van der Waals surface area contributed by atoms with Crippen molar-refractivity contribution in [3.63, 3.8) is 0 Å². The monoisotopic (exact) mass is 353 g/mol. The lowest BCUT2D eigenvalue weighted by Gasteiger charge is -2.34. The van der Waals surface area contributed by atoms with E-state index in [4.69, 9.17) is 4.74 Å². The van der Waals surface area contributed by atoms with Crippen molar-refractivity contribution in [3.05, 3.63) is 71.9 Å². The number of imidazole rings is 1. The molecule has 0 aliphatic carbocycles. The quantitative estimate of drug-likeness (QED) is 0.754. The molecule has 2 aromatic carbocycles. The number of para-hydroxylation sites is 1. The third-order valence-corrected chi connectivity index (χ3v) is 4.65. The lowest BCUT2D eigenvalue weighted by Crippen LogP contribution is -2.39. The number of phenols is 1. The van der Waals surface area contributed by atoms with Crippen LogP contribution in [0.15, 0.2) is 54.7 Å². The van der Waals surface area contributed by atoms with Crippen molar-refractivity contribution in [3.8, 4) is 17.0 Å². The molecule has 0 amide bonds. The van der Waals surface area contributed by atoms with Crippen LogP contribution in [-0.2, 0) is 11.3 Å². The molecule has 1 unspecified atom stereocenters. The predicted molar refractivity (Wildman–Crippen MR) is 96.1 cm³/mol. The van der Waals surface area contributed by atoms with E-state index in [1.165, 1.54) is 12.1 Å². The van der Waals surface area contributed by atoms with Crippen LogP contribution in [0.4, 0.5) is 4.39 Å². The lowest BCUT2D eigenvalue weighted by molar-refractivity contribution is -0.0158. The molecule has 1 aliphatic rings. The van der Waals surface area contributed by atoms with E-state index in [0.717, 1.165) is 29.2 Å². The van der Waals surface area contributed by atoms with Gasteiger partial charge in [0.1, 0.15) is 17.4 Å². The van der Waals surface area contributed by atoms with Gasteiger partial charge in [0.15, 0.2) is 0 Å². The Morgan fingerprint density at radius 2 is 2.12 bits per heavy atom. The summed E-state index contributed by atoms with van der Waals surface area (Å²) in [7, 11) is 0. The number of aromatic amines is 1. The number of aromatic hydroxyl groups is 1. The molecule has 5 nitrogen and oxygen atoms in total. The summed E-state index contributed by atoms with van der Waals surface area (Å²) in [6.45, 7) is 2.51. The minimum atomic E-state index is -0.277. The number of nitrogens with one attached hydrogen (secondary N) is 1. The highest BCUT2D eigenvalue weighted by Gasteiger charge is 2.27. The molecule has 134 valence electrons. The largest absolute Gasteiger partial charge is 0.508 e. The second-order valence-electron chi connectivity index (χ2n) is 6.38. The van der Waals surface area contributed by atoms with Crippen molar-refractivity contribution in [2.75, 3.05) is 19.8 Å². The first-order valence-corrected chi connectivity index (χ1v) is 8.60. The number of morpholine rings is 1. The van der Waals surface area contributed by atoms with Crippen molar-refractivity contribution in [2.24, 2.45) is 0 Å². The van der Waals surface area contributed by atoms with Gasteiger partial charge in [-0.1, -0.05) is 30.3 Å². The van der Waals surface area contributed by atoms with Gasteiger partial charge in [-0.3, -0.25) is 4.90 Å². The summed E-state index contributed by atoms with van der Waals surface area (Å²) >= 11 is 0. The molecule has 26 heavy (non-hydrogen) atoms. The van der Waals surface area contributed by atoms with Crippen molar-refractivity contribution in [1.82, 2.24) is 14.9 Å². The summed E-state index contributed by atoms with van der Waals surface area (Å²) in [6.07, 6.45) is 1.72. The number of H-pyrrole nitrogens is 1. The Bertz CT molecular complexity index is 896. The first-order valence-electron chi connectivity index (χ1n) is 8.60. The van der Waals surface area contributed by atoms with E-state index >= 15 is 0 Å². The Kier molecular flexibility index (Phi) is 4.69. The standard InChI is InChI=1S/C20H20FN3O2/c21-16-6-3-5-14(10-16)17-11-22-20(23-17)18-13-26-9-8-24(18)12-15-4-1-2-7-19(15)25/h1-7,10-11,18,25H,8-9,12-13H2,(H,22,23). The lowest BCUT2D eigenvalue weighted by atomic mass is 10.1. The SMILES string of the molecule is Oc1ccccc1CN1CCOCC1c1ncc(-c2cccc(F)c2)[nH]1. The third-order valence-electron chi connectivity index (χ3n) is 4.65. The highest BCUT2D eigenvalue weighted by molar-refractivity contribution is 5.58. The van der Waals surface area contributed by atoms with Gasteiger partial charge in [0.25, 0.3) is 0 Å². The molecule has 1 aliphatic heterocycles. The predicted octanol–water partition coefficient (Wildman–Crippen LogP) is 3.49. The number of hydrogen-bond donors (Lipinski definition) is 2. The molecule has 6 heteroatoms. The van der Waals surface area contributed by atoms with Gasteiger partial charge < -0.3 is 14.8 Å². The van der Waals surface area contributed by atoms with Crippen molar-refractivity contribution in [2.45, 2.75) is 12.6 Å². The Morgan fingerprint density at radius 1 is 1.23 bits per heavy atom. The fraction of sp³-hybridized carbons (Fsp3) is 0.250. The van der Waals surface area contributed by atoms with Crippen LogP contribution in [0.5, 0.6) is 5.75 Å². The van der Waals surface area contributed by atoms with Gasteiger partial charge in [0.05, 0.1) is 31.1 Å². The molecular weight excluding hydrogens is 333 g/mol. The minimum absolute atomic E-state index is 0.0503. The Labute approximate surface area is 151 Å². The molecule has 2 N–H and O–H groups in total. The van der Waals surface area contributed by atoms with Crippen molar-refractivity contribution >= 4 is 0 Å². The molecule has 1 saturated heterocycles. The summed E-state index contributed by atoms with van der Waals surface area (Å²) in [4.78, 5) is 10.0. The van der Waals surface area contributed by atoms with E-state index in [1.54, 1.807) is 18.3 Å². The number of halogens is 1. The molecule has 1 aromatic heterocycles. The molecule has 1 atom stereocenters. The number of phenolic OH excluding ortho intramolecular Hbond substituents is 1. The summed E-state index contributed by atoms with van der Waals surface area (Å²) in [6, 6.07) is 13.7. The van der Waals surface area contributed by atoms with Crippen LogP contribution in [0.1, 0.15) is 17.4 Å². The van der Waals surface area contributed by atoms with E-state index in [2.05, 4.69) is 14.9 Å². The summed E-state index contributed by atoms with van der Waals surface area (Å²) in [5.74, 6) is 0.790. The summed E-state index contributed by atoms with van der Waals surface area (Å²) in [5, 5.41) is 10.1. The topological polar surface area (TPSA) is 61.4 Å².